The maximum atomic E-state index is 7.41. The minimum Gasteiger partial charge on any atom is -0.490 e. The van der Waals surface area contributed by atoms with Crippen molar-refractivity contribution in [1.29, 1.82) is 0 Å². The van der Waals surface area contributed by atoms with E-state index in [0.29, 0.717) is 5.92 Å². The molecule has 1 saturated carbocycles. The summed E-state index contributed by atoms with van der Waals surface area (Å²) in [4.78, 5) is 5.10. The lowest BCUT2D eigenvalue weighted by molar-refractivity contribution is 0.157. The summed E-state index contributed by atoms with van der Waals surface area (Å²) in [6.07, 6.45) is 21.7. The van der Waals surface area contributed by atoms with E-state index in [1.54, 1.807) is 0 Å². The highest BCUT2D eigenvalue weighted by Gasteiger charge is 2.34. The Kier molecular flexibility index (Phi) is 10.4. The molecule has 0 saturated heterocycles. The zero-order valence-electron chi connectivity index (χ0n) is 40.5. The van der Waals surface area contributed by atoms with Gasteiger partial charge in [-0.15, -0.1) is 0 Å². The molecule has 10 aromatic carbocycles. The molecule has 3 aliphatic rings. The first-order chi connectivity index (χ1) is 34.4. The summed E-state index contributed by atoms with van der Waals surface area (Å²) in [6, 6.07) is 61.7. The van der Waals surface area contributed by atoms with Crippen LogP contribution in [0.2, 0.25) is 0 Å². The van der Waals surface area contributed by atoms with Crippen LogP contribution in [-0.2, 0) is 0 Å². The summed E-state index contributed by atoms with van der Waals surface area (Å²) in [5.74, 6) is 1.29. The van der Waals surface area contributed by atoms with Crippen molar-refractivity contribution in [1.82, 2.24) is 0 Å². The first-order valence-corrected chi connectivity index (χ1v) is 25.7. The molecule has 0 aliphatic heterocycles. The van der Waals surface area contributed by atoms with Crippen LogP contribution >= 0.6 is 0 Å². The average molecular weight is 907 g/mol. The van der Waals surface area contributed by atoms with Crippen LogP contribution in [0.5, 0.6) is 5.75 Å². The van der Waals surface area contributed by atoms with E-state index in [-0.39, 0.29) is 11.5 Å². The first-order valence-electron chi connectivity index (χ1n) is 25.7. The Hall–Kier alpha value is -7.62. The lowest BCUT2D eigenvalue weighted by Gasteiger charge is -2.39. The van der Waals surface area contributed by atoms with Crippen molar-refractivity contribution in [3.8, 4) is 5.75 Å². The van der Waals surface area contributed by atoms with Gasteiger partial charge < -0.3 is 14.5 Å². The van der Waals surface area contributed by atoms with Crippen LogP contribution in [0.25, 0.3) is 64.6 Å². The Balaban J connectivity index is 1.13. The van der Waals surface area contributed by atoms with Crippen LogP contribution in [0.15, 0.2) is 212 Å². The summed E-state index contributed by atoms with van der Waals surface area (Å²) in [5.41, 5.74) is 9.62. The molecular formula is C67H58N2O. The van der Waals surface area contributed by atoms with Crippen LogP contribution < -0.4 is 14.5 Å². The minimum absolute atomic E-state index is 0.131. The van der Waals surface area contributed by atoms with E-state index in [4.69, 9.17) is 4.74 Å². The van der Waals surface area contributed by atoms with E-state index in [9.17, 15) is 0 Å². The number of hydrogen-bond acceptors (Lipinski definition) is 3. The zero-order chi connectivity index (χ0) is 46.9. The fourth-order valence-corrected chi connectivity index (χ4v) is 12.1. The van der Waals surface area contributed by atoms with Crippen LogP contribution in [0.3, 0.4) is 0 Å². The standard InChI is InChI=1S/C67H58N2O/c1-4-44(2)61-41-62(68(52-29-25-45-16-8-11-19-48(45)38-52)53-30-26-46-17-9-12-20-49(46)39-53)58-35-36-60-64(70-56-23-6-5-7-24-56)42-63(59-34-33-57(61)65(58)66(59)60)69(54-31-27-47-18-10-13-21-50(47)40-54)55-32-28-51-22-14-15-37-67(51,3)43-55/h8-22,25-42,44,56H,4-7,23-24,43H2,1-3H3. The molecule has 0 bridgehead atoms. The van der Waals surface area contributed by atoms with E-state index >= 15 is 0 Å². The molecule has 0 N–H and O–H groups in total. The number of anilines is 5. The molecule has 0 radical (unpaired) electrons. The van der Waals surface area contributed by atoms with Crippen LogP contribution in [-0.4, -0.2) is 6.10 Å². The third kappa shape index (κ3) is 7.16. The van der Waals surface area contributed by atoms with Crippen molar-refractivity contribution >= 4 is 93.1 Å². The second-order valence-corrected chi connectivity index (χ2v) is 20.5. The van der Waals surface area contributed by atoms with Crippen molar-refractivity contribution in [3.63, 3.8) is 0 Å². The first kappa shape index (κ1) is 42.5. The molecule has 0 aromatic heterocycles. The summed E-state index contributed by atoms with van der Waals surface area (Å²) in [5, 5.41) is 14.9. The van der Waals surface area contributed by atoms with Gasteiger partial charge in [0.15, 0.2) is 0 Å². The monoisotopic (exact) mass is 906 g/mol. The molecule has 3 nitrogen and oxygen atoms in total. The third-order valence-corrected chi connectivity index (χ3v) is 16.1. The molecular weight excluding hydrogens is 849 g/mol. The predicted molar refractivity (Wildman–Crippen MR) is 299 cm³/mol. The molecule has 10 aromatic rings. The van der Waals surface area contributed by atoms with Gasteiger partial charge in [-0.2, -0.15) is 0 Å². The van der Waals surface area contributed by atoms with E-state index in [0.717, 1.165) is 54.2 Å². The second kappa shape index (κ2) is 17.1. The summed E-state index contributed by atoms with van der Waals surface area (Å²) >= 11 is 0. The summed E-state index contributed by atoms with van der Waals surface area (Å²) < 4.78 is 7.41. The van der Waals surface area contributed by atoms with Gasteiger partial charge in [0.1, 0.15) is 5.75 Å². The van der Waals surface area contributed by atoms with Gasteiger partial charge >= 0.3 is 0 Å². The van der Waals surface area contributed by atoms with E-state index in [1.165, 1.54) is 106 Å². The van der Waals surface area contributed by atoms with Gasteiger partial charge in [0.05, 0.1) is 17.5 Å². The molecule has 0 amide bonds. The van der Waals surface area contributed by atoms with Gasteiger partial charge in [-0.3, -0.25) is 0 Å². The van der Waals surface area contributed by atoms with Crippen molar-refractivity contribution in [2.24, 2.45) is 5.41 Å². The highest BCUT2D eigenvalue weighted by atomic mass is 16.5. The minimum atomic E-state index is -0.131. The molecule has 70 heavy (non-hydrogen) atoms. The average Bonchev–Trinajstić information content (AvgIpc) is 3.40. The Morgan fingerprint density at radius 2 is 1.07 bits per heavy atom. The van der Waals surface area contributed by atoms with Crippen LogP contribution in [0.1, 0.15) is 77.2 Å². The lowest BCUT2D eigenvalue weighted by Crippen LogP contribution is -2.27. The van der Waals surface area contributed by atoms with E-state index in [1.807, 2.05) is 0 Å². The fraction of sp³-hybridized carbons (Fsp3) is 0.194. The number of fused-ring (bicyclic) bond motifs is 4. The molecule has 0 heterocycles. The summed E-state index contributed by atoms with van der Waals surface area (Å²) in [7, 11) is 0. The Bertz CT molecular complexity index is 3730. The molecule has 13 rings (SSSR count). The Morgan fingerprint density at radius 3 is 1.67 bits per heavy atom. The van der Waals surface area contributed by atoms with Crippen LogP contribution in [0, 0.1) is 5.41 Å². The molecule has 342 valence electrons. The largest absolute Gasteiger partial charge is 0.490 e. The number of allylic oxidation sites excluding steroid dienone is 8. The number of rotatable bonds is 10. The number of nitrogens with zero attached hydrogens (tertiary/aromatic N) is 2. The molecule has 2 unspecified atom stereocenters. The fourth-order valence-electron chi connectivity index (χ4n) is 12.1. The number of hydrogen-bond donors (Lipinski definition) is 0. The Labute approximate surface area is 411 Å². The van der Waals surface area contributed by atoms with Crippen molar-refractivity contribution in [2.45, 2.75) is 77.7 Å². The van der Waals surface area contributed by atoms with Gasteiger partial charge in [0, 0.05) is 62.2 Å². The highest BCUT2D eigenvalue weighted by Crippen LogP contribution is 2.53. The maximum absolute atomic E-state index is 7.41. The highest BCUT2D eigenvalue weighted by molar-refractivity contribution is 6.30. The van der Waals surface area contributed by atoms with Gasteiger partial charge in [-0.25, -0.2) is 0 Å². The molecule has 2 atom stereocenters. The van der Waals surface area contributed by atoms with E-state index < -0.39 is 0 Å². The maximum Gasteiger partial charge on any atom is 0.129 e. The van der Waals surface area contributed by atoms with Crippen molar-refractivity contribution in [2.75, 3.05) is 9.80 Å². The van der Waals surface area contributed by atoms with Gasteiger partial charge in [0.2, 0.25) is 0 Å². The van der Waals surface area contributed by atoms with Gasteiger partial charge in [0.25, 0.3) is 0 Å². The second-order valence-electron chi connectivity index (χ2n) is 20.5. The number of benzene rings is 10. The van der Waals surface area contributed by atoms with Gasteiger partial charge in [-0.05, 0) is 147 Å². The molecule has 3 heteroatoms. The normalized spacial score (nSPS) is 17.6. The van der Waals surface area contributed by atoms with Crippen LogP contribution in [0.4, 0.5) is 28.4 Å². The predicted octanol–water partition coefficient (Wildman–Crippen LogP) is 19.2. The van der Waals surface area contributed by atoms with Gasteiger partial charge in [-0.1, -0.05) is 167 Å². The smallest absolute Gasteiger partial charge is 0.129 e. The zero-order valence-corrected chi connectivity index (χ0v) is 40.5. The molecule has 1 fully saturated rings. The number of ether oxygens (including phenoxy) is 1. The quantitative estimate of drug-likeness (QED) is 0.127. The molecule has 3 aliphatic carbocycles. The SMILES string of the molecule is CCC(C)c1cc(N(c2ccc3ccccc3c2)c2ccc3ccccc3c2)c2ccc3c(OC4CCCCC4)cc(N(C4=CC=C5C=CC=CC5(C)C4)c4ccc5ccccc5c4)c4ccc1c2c34. The molecule has 0 spiro atoms. The topological polar surface area (TPSA) is 15.7 Å². The summed E-state index contributed by atoms with van der Waals surface area (Å²) in [6.45, 7) is 7.13. The van der Waals surface area contributed by atoms with E-state index in [2.05, 4.69) is 231 Å². The lowest BCUT2D eigenvalue weighted by atomic mass is 9.73. The Morgan fingerprint density at radius 1 is 0.543 bits per heavy atom. The van der Waals surface area contributed by atoms with Crippen molar-refractivity contribution in [3.05, 3.63) is 217 Å². The van der Waals surface area contributed by atoms with Crippen molar-refractivity contribution < 1.29 is 4.74 Å². The third-order valence-electron chi connectivity index (χ3n) is 16.1.